The molecule has 0 bridgehead atoms. The molecule has 2 aromatic carbocycles. The highest BCUT2D eigenvalue weighted by atomic mass is 32.2. The van der Waals surface area contributed by atoms with Gasteiger partial charge >= 0.3 is 0 Å². The van der Waals surface area contributed by atoms with E-state index in [1.807, 2.05) is 0 Å². The Morgan fingerprint density at radius 3 is 1.76 bits per heavy atom. The summed E-state index contributed by atoms with van der Waals surface area (Å²) in [5.41, 5.74) is -1.51. The standard InChI is InChI=1S/C13H11O3S/c14-13(11-7-3-1-4-8-11)17(15,16)12-9-5-2-6-10-12/h1-10,13H. The third-order valence-electron chi connectivity index (χ3n) is 2.43. The van der Waals surface area contributed by atoms with Crippen LogP contribution in [-0.4, -0.2) is 8.42 Å². The van der Waals surface area contributed by atoms with Gasteiger partial charge in [0.1, 0.15) is 0 Å². The summed E-state index contributed by atoms with van der Waals surface area (Å²) in [6, 6.07) is 15.9. The summed E-state index contributed by atoms with van der Waals surface area (Å²) in [5.74, 6) is 0. The minimum atomic E-state index is -3.85. The molecule has 4 heteroatoms. The van der Waals surface area contributed by atoms with Gasteiger partial charge in [0.15, 0.2) is 0 Å². The average molecular weight is 247 g/mol. The molecule has 0 aliphatic rings. The van der Waals surface area contributed by atoms with Crippen LogP contribution >= 0.6 is 0 Å². The Hall–Kier alpha value is -1.65. The van der Waals surface area contributed by atoms with Gasteiger partial charge in [0.05, 0.1) is 4.90 Å². The zero-order valence-corrected chi connectivity index (χ0v) is 9.80. The lowest BCUT2D eigenvalue weighted by Gasteiger charge is -2.10. The molecular weight excluding hydrogens is 236 g/mol. The second kappa shape index (κ2) is 4.69. The molecule has 0 aliphatic carbocycles. The van der Waals surface area contributed by atoms with E-state index in [9.17, 15) is 13.5 Å². The van der Waals surface area contributed by atoms with Gasteiger partial charge in [0.25, 0.3) is 0 Å². The normalized spacial score (nSPS) is 13.2. The van der Waals surface area contributed by atoms with Crippen LogP contribution in [0, 0.1) is 0 Å². The van der Waals surface area contributed by atoms with Gasteiger partial charge in [-0.05, 0) is 17.7 Å². The maximum absolute atomic E-state index is 12.0. The number of sulfone groups is 1. The average Bonchev–Trinajstić information content (AvgIpc) is 2.40. The molecule has 0 amide bonds. The molecule has 0 N–H and O–H groups in total. The molecule has 0 heterocycles. The van der Waals surface area contributed by atoms with Crippen molar-refractivity contribution in [2.24, 2.45) is 0 Å². The minimum Gasteiger partial charge on any atom is -0.220 e. The van der Waals surface area contributed by atoms with Gasteiger partial charge in [-0.25, -0.2) is 13.5 Å². The van der Waals surface area contributed by atoms with Crippen molar-refractivity contribution in [3.63, 3.8) is 0 Å². The quantitative estimate of drug-likeness (QED) is 0.837. The predicted molar refractivity (Wildman–Crippen MR) is 63.5 cm³/mol. The monoisotopic (exact) mass is 247 g/mol. The first kappa shape index (κ1) is 11.8. The molecule has 0 saturated heterocycles. The fraction of sp³-hybridized carbons (Fsp3) is 0.0769. The lowest BCUT2D eigenvalue weighted by atomic mass is 10.2. The molecule has 0 saturated carbocycles. The SMILES string of the molecule is [O]C(c1ccccc1)S(=O)(=O)c1ccccc1. The van der Waals surface area contributed by atoms with Crippen molar-refractivity contribution >= 4 is 9.84 Å². The molecule has 3 nitrogen and oxygen atoms in total. The van der Waals surface area contributed by atoms with E-state index in [-0.39, 0.29) is 10.5 Å². The number of hydrogen-bond acceptors (Lipinski definition) is 2. The first-order valence-electron chi connectivity index (χ1n) is 5.12. The molecule has 1 atom stereocenters. The van der Waals surface area contributed by atoms with E-state index in [1.165, 1.54) is 24.3 Å². The fourth-order valence-electron chi connectivity index (χ4n) is 1.52. The third-order valence-corrected chi connectivity index (χ3v) is 4.19. The van der Waals surface area contributed by atoms with E-state index in [4.69, 9.17) is 0 Å². The number of hydrogen-bond donors (Lipinski definition) is 0. The van der Waals surface area contributed by atoms with Crippen molar-refractivity contribution in [2.75, 3.05) is 0 Å². The fourth-order valence-corrected chi connectivity index (χ4v) is 2.82. The van der Waals surface area contributed by atoms with Crippen LogP contribution in [0.25, 0.3) is 0 Å². The van der Waals surface area contributed by atoms with Crippen molar-refractivity contribution in [2.45, 2.75) is 10.3 Å². The molecule has 17 heavy (non-hydrogen) atoms. The maximum atomic E-state index is 12.0. The molecule has 0 spiro atoms. The van der Waals surface area contributed by atoms with Crippen molar-refractivity contribution in [3.05, 3.63) is 66.2 Å². The Balaban J connectivity index is 2.41. The van der Waals surface area contributed by atoms with Crippen LogP contribution in [0.3, 0.4) is 0 Å². The molecule has 2 rings (SSSR count). The zero-order chi connectivity index (χ0) is 12.3. The van der Waals surface area contributed by atoms with Crippen LogP contribution in [0.2, 0.25) is 0 Å². The molecule has 0 aromatic heterocycles. The molecule has 2 aromatic rings. The summed E-state index contributed by atoms with van der Waals surface area (Å²) in [6.45, 7) is 0. The van der Waals surface area contributed by atoms with Gasteiger partial charge in [-0.15, -0.1) is 0 Å². The van der Waals surface area contributed by atoms with Crippen LogP contribution in [0.1, 0.15) is 11.0 Å². The first-order valence-corrected chi connectivity index (χ1v) is 6.67. The van der Waals surface area contributed by atoms with E-state index in [2.05, 4.69) is 0 Å². The summed E-state index contributed by atoms with van der Waals surface area (Å²) in [7, 11) is -3.85. The molecule has 1 unspecified atom stereocenters. The molecule has 0 fully saturated rings. The van der Waals surface area contributed by atoms with Gasteiger partial charge < -0.3 is 0 Å². The van der Waals surface area contributed by atoms with E-state index < -0.39 is 15.3 Å². The van der Waals surface area contributed by atoms with E-state index in [0.29, 0.717) is 0 Å². The van der Waals surface area contributed by atoms with Crippen molar-refractivity contribution in [1.82, 2.24) is 0 Å². The van der Waals surface area contributed by atoms with Crippen molar-refractivity contribution in [1.29, 1.82) is 0 Å². The third kappa shape index (κ3) is 2.38. The van der Waals surface area contributed by atoms with Crippen LogP contribution in [0.4, 0.5) is 0 Å². The van der Waals surface area contributed by atoms with E-state index >= 15 is 0 Å². The zero-order valence-electron chi connectivity index (χ0n) is 8.98. The van der Waals surface area contributed by atoms with E-state index in [0.717, 1.165) is 0 Å². The Bertz CT molecular complexity index is 577. The summed E-state index contributed by atoms with van der Waals surface area (Å²) in [5, 5.41) is 12.0. The van der Waals surface area contributed by atoms with Crippen LogP contribution < -0.4 is 0 Å². The van der Waals surface area contributed by atoms with Crippen molar-refractivity contribution in [3.8, 4) is 0 Å². The molecule has 1 radical (unpaired) electrons. The minimum absolute atomic E-state index is 0.0591. The smallest absolute Gasteiger partial charge is 0.220 e. The Kier molecular flexibility index (Phi) is 3.26. The van der Waals surface area contributed by atoms with Crippen molar-refractivity contribution < 1.29 is 13.5 Å². The number of benzene rings is 2. The van der Waals surface area contributed by atoms with Crippen LogP contribution in [0.5, 0.6) is 0 Å². The van der Waals surface area contributed by atoms with Crippen LogP contribution in [-0.2, 0) is 14.9 Å². The second-order valence-electron chi connectivity index (χ2n) is 3.60. The summed E-state index contributed by atoms with van der Waals surface area (Å²) in [6.07, 6.45) is 0. The second-order valence-corrected chi connectivity index (χ2v) is 5.59. The van der Waals surface area contributed by atoms with Gasteiger partial charge in [-0.1, -0.05) is 48.5 Å². The lowest BCUT2D eigenvalue weighted by molar-refractivity contribution is 0.156. The highest BCUT2D eigenvalue weighted by molar-refractivity contribution is 7.91. The molecule has 0 aliphatic heterocycles. The maximum Gasteiger partial charge on any atom is 0.223 e. The number of rotatable bonds is 3. The Morgan fingerprint density at radius 2 is 1.24 bits per heavy atom. The van der Waals surface area contributed by atoms with Gasteiger partial charge in [0, 0.05) is 0 Å². The van der Waals surface area contributed by atoms with Gasteiger partial charge in [-0.2, -0.15) is 0 Å². The predicted octanol–water partition coefficient (Wildman–Crippen LogP) is 2.59. The van der Waals surface area contributed by atoms with E-state index in [1.54, 1.807) is 36.4 Å². The largest absolute Gasteiger partial charge is 0.223 e. The topological polar surface area (TPSA) is 54.0 Å². The molecular formula is C13H11O3S. The van der Waals surface area contributed by atoms with Crippen LogP contribution in [0.15, 0.2) is 65.6 Å². The summed E-state index contributed by atoms with van der Waals surface area (Å²) < 4.78 is 24.0. The Morgan fingerprint density at radius 1 is 0.765 bits per heavy atom. The van der Waals surface area contributed by atoms with Gasteiger partial charge in [0.2, 0.25) is 15.3 Å². The lowest BCUT2D eigenvalue weighted by Crippen LogP contribution is -2.11. The Labute approximate surface area is 100 Å². The first-order chi connectivity index (χ1) is 8.12. The highest BCUT2D eigenvalue weighted by Crippen LogP contribution is 2.26. The van der Waals surface area contributed by atoms with Gasteiger partial charge in [-0.3, -0.25) is 0 Å². The summed E-state index contributed by atoms with van der Waals surface area (Å²) in [4.78, 5) is 0.0591. The highest BCUT2D eigenvalue weighted by Gasteiger charge is 2.27. The molecule has 87 valence electrons. The summed E-state index contributed by atoms with van der Waals surface area (Å²) >= 11 is 0.